The molecule has 0 aliphatic rings. The van der Waals surface area contributed by atoms with E-state index in [-0.39, 0.29) is 22.1 Å². The molecule has 3 N–H and O–H groups in total. The molecule has 0 amide bonds. The number of halogens is 3. The van der Waals surface area contributed by atoms with Crippen molar-refractivity contribution in [1.82, 2.24) is 0 Å². The fourth-order valence-corrected chi connectivity index (χ4v) is 2.99. The third-order valence-electron chi connectivity index (χ3n) is 2.79. The summed E-state index contributed by atoms with van der Waals surface area (Å²) in [6.07, 6.45) is -4.49. The van der Waals surface area contributed by atoms with Crippen LogP contribution in [0.2, 0.25) is 0 Å². The topological polar surface area (TPSA) is 63.3 Å². The number of phenols is 1. The van der Waals surface area contributed by atoms with Crippen molar-refractivity contribution in [2.24, 2.45) is 0 Å². The molecule has 21 heavy (non-hydrogen) atoms. The Kier molecular flexibility index (Phi) is 4.22. The molecule has 0 aliphatic carbocycles. The Morgan fingerprint density at radius 1 is 1.14 bits per heavy atom. The van der Waals surface area contributed by atoms with Gasteiger partial charge in [0.15, 0.2) is 0 Å². The molecule has 2 aromatic carbocycles. The molecule has 0 bridgehead atoms. The van der Waals surface area contributed by atoms with Crippen LogP contribution in [0.3, 0.4) is 0 Å². The van der Waals surface area contributed by atoms with Gasteiger partial charge in [-0.1, -0.05) is 12.1 Å². The number of alkyl halides is 3. The van der Waals surface area contributed by atoms with Crippen molar-refractivity contribution in [2.75, 3.05) is 5.73 Å². The van der Waals surface area contributed by atoms with Gasteiger partial charge in [0.25, 0.3) is 0 Å². The lowest BCUT2D eigenvalue weighted by atomic mass is 10.2. The number of benzene rings is 2. The molecule has 1 unspecified atom stereocenters. The van der Waals surface area contributed by atoms with E-state index in [9.17, 15) is 22.5 Å². The SMILES string of the molecule is Nc1cc(C(F)(F)F)ccc1S(=O)Cc1cccc(O)c1. The van der Waals surface area contributed by atoms with Crippen molar-refractivity contribution in [1.29, 1.82) is 0 Å². The largest absolute Gasteiger partial charge is 0.508 e. The van der Waals surface area contributed by atoms with Crippen LogP contribution >= 0.6 is 0 Å². The summed E-state index contributed by atoms with van der Waals surface area (Å²) in [5.41, 5.74) is 5.12. The predicted octanol–water partition coefficient (Wildman–Crippen LogP) is 3.30. The predicted molar refractivity (Wildman–Crippen MR) is 74.1 cm³/mol. The van der Waals surface area contributed by atoms with E-state index in [0.717, 1.165) is 18.2 Å². The second-order valence-corrected chi connectivity index (χ2v) is 5.83. The zero-order valence-electron chi connectivity index (χ0n) is 10.7. The Hall–Kier alpha value is -2.02. The average molecular weight is 315 g/mol. The van der Waals surface area contributed by atoms with Crippen molar-refractivity contribution in [3.05, 3.63) is 53.6 Å². The lowest BCUT2D eigenvalue weighted by molar-refractivity contribution is -0.137. The highest BCUT2D eigenvalue weighted by molar-refractivity contribution is 7.84. The van der Waals surface area contributed by atoms with Gasteiger partial charge in [0.1, 0.15) is 5.75 Å². The van der Waals surface area contributed by atoms with Crippen molar-refractivity contribution < 1.29 is 22.5 Å². The second kappa shape index (κ2) is 5.77. The van der Waals surface area contributed by atoms with Gasteiger partial charge in [-0.15, -0.1) is 0 Å². The number of anilines is 1. The number of hydrogen-bond acceptors (Lipinski definition) is 3. The van der Waals surface area contributed by atoms with E-state index in [1.54, 1.807) is 12.1 Å². The molecule has 0 aliphatic heterocycles. The van der Waals surface area contributed by atoms with Gasteiger partial charge < -0.3 is 10.8 Å². The van der Waals surface area contributed by atoms with E-state index in [1.165, 1.54) is 12.1 Å². The molecule has 0 saturated carbocycles. The first-order valence-electron chi connectivity index (χ1n) is 5.90. The highest BCUT2D eigenvalue weighted by Crippen LogP contribution is 2.32. The van der Waals surface area contributed by atoms with Gasteiger partial charge in [0, 0.05) is 5.69 Å². The highest BCUT2D eigenvalue weighted by atomic mass is 32.2. The van der Waals surface area contributed by atoms with Gasteiger partial charge in [-0.05, 0) is 35.9 Å². The summed E-state index contributed by atoms with van der Waals surface area (Å²) in [6.45, 7) is 0. The molecule has 0 saturated heterocycles. The van der Waals surface area contributed by atoms with Gasteiger partial charge >= 0.3 is 6.18 Å². The molecule has 3 nitrogen and oxygen atoms in total. The Labute approximate surface area is 121 Å². The molecule has 2 rings (SSSR count). The molecule has 7 heteroatoms. The molecule has 1 atom stereocenters. The molecular formula is C14H12F3NO2S. The Bertz CT molecular complexity index is 686. The van der Waals surface area contributed by atoms with Crippen molar-refractivity contribution in [2.45, 2.75) is 16.8 Å². The molecule has 0 fully saturated rings. The van der Waals surface area contributed by atoms with Gasteiger partial charge in [-0.3, -0.25) is 4.21 Å². The van der Waals surface area contributed by atoms with Crippen molar-refractivity contribution in [3.8, 4) is 5.75 Å². The number of phenolic OH excluding ortho intramolecular Hbond substituents is 1. The number of hydrogen-bond donors (Lipinski definition) is 2. The highest BCUT2D eigenvalue weighted by Gasteiger charge is 2.31. The average Bonchev–Trinajstić information content (AvgIpc) is 2.37. The van der Waals surface area contributed by atoms with E-state index in [4.69, 9.17) is 5.73 Å². The van der Waals surface area contributed by atoms with E-state index < -0.39 is 22.5 Å². The third-order valence-corrected chi connectivity index (χ3v) is 4.25. The number of aromatic hydroxyl groups is 1. The molecular weight excluding hydrogens is 303 g/mol. The zero-order valence-corrected chi connectivity index (χ0v) is 11.5. The summed E-state index contributed by atoms with van der Waals surface area (Å²) in [4.78, 5) is 0.145. The normalized spacial score (nSPS) is 13.1. The molecule has 0 spiro atoms. The Morgan fingerprint density at radius 2 is 1.86 bits per heavy atom. The van der Waals surface area contributed by atoms with Gasteiger partial charge in [-0.25, -0.2) is 0 Å². The molecule has 0 radical (unpaired) electrons. The maximum absolute atomic E-state index is 12.5. The second-order valence-electron chi connectivity index (χ2n) is 4.41. The minimum Gasteiger partial charge on any atom is -0.508 e. The molecule has 0 aromatic heterocycles. The van der Waals surface area contributed by atoms with Crippen LogP contribution in [0, 0.1) is 0 Å². The Balaban J connectivity index is 2.24. The minimum absolute atomic E-state index is 0.0323. The van der Waals surface area contributed by atoms with Gasteiger partial charge in [0.05, 0.1) is 27.0 Å². The van der Waals surface area contributed by atoms with Gasteiger partial charge in [-0.2, -0.15) is 13.2 Å². The summed E-state index contributed by atoms with van der Waals surface area (Å²) in [5, 5.41) is 9.33. The first kappa shape index (κ1) is 15.4. The quantitative estimate of drug-likeness (QED) is 0.854. The summed E-state index contributed by atoms with van der Waals surface area (Å²) in [7, 11) is -1.59. The van der Waals surface area contributed by atoms with Crippen LogP contribution in [0.15, 0.2) is 47.4 Å². The van der Waals surface area contributed by atoms with Crippen LogP contribution in [-0.2, 0) is 22.7 Å². The van der Waals surface area contributed by atoms with Crippen LogP contribution in [-0.4, -0.2) is 9.32 Å². The van der Waals surface area contributed by atoms with E-state index in [0.29, 0.717) is 5.56 Å². The van der Waals surface area contributed by atoms with Crippen LogP contribution in [0.1, 0.15) is 11.1 Å². The number of nitrogen functional groups attached to an aromatic ring is 1. The first-order valence-corrected chi connectivity index (χ1v) is 7.22. The van der Waals surface area contributed by atoms with E-state index >= 15 is 0 Å². The lowest BCUT2D eigenvalue weighted by Crippen LogP contribution is -2.08. The summed E-state index contributed by atoms with van der Waals surface area (Å²) >= 11 is 0. The van der Waals surface area contributed by atoms with E-state index in [2.05, 4.69) is 0 Å². The molecule has 0 heterocycles. The monoisotopic (exact) mass is 315 g/mol. The standard InChI is InChI=1S/C14H12F3NO2S/c15-14(16,17)10-4-5-13(12(18)7-10)21(20)8-9-2-1-3-11(19)6-9/h1-7,19H,8,18H2. The summed E-state index contributed by atoms with van der Waals surface area (Å²) in [5.74, 6) is 0.0918. The molecule has 112 valence electrons. The van der Waals surface area contributed by atoms with Crippen LogP contribution in [0.25, 0.3) is 0 Å². The fraction of sp³-hybridized carbons (Fsp3) is 0.143. The number of rotatable bonds is 3. The number of nitrogens with two attached hydrogens (primary N) is 1. The zero-order chi connectivity index (χ0) is 15.6. The smallest absolute Gasteiger partial charge is 0.416 e. The fourth-order valence-electron chi connectivity index (χ4n) is 1.81. The van der Waals surface area contributed by atoms with Crippen LogP contribution in [0.4, 0.5) is 18.9 Å². The van der Waals surface area contributed by atoms with Crippen molar-refractivity contribution in [3.63, 3.8) is 0 Å². The summed E-state index contributed by atoms with van der Waals surface area (Å²) in [6, 6.07) is 8.92. The lowest BCUT2D eigenvalue weighted by Gasteiger charge is -2.11. The van der Waals surface area contributed by atoms with Crippen LogP contribution in [0.5, 0.6) is 5.75 Å². The van der Waals surface area contributed by atoms with Crippen LogP contribution < -0.4 is 5.73 Å². The Morgan fingerprint density at radius 3 is 2.43 bits per heavy atom. The maximum atomic E-state index is 12.5. The van der Waals surface area contributed by atoms with Crippen molar-refractivity contribution >= 4 is 16.5 Å². The summed E-state index contributed by atoms with van der Waals surface area (Å²) < 4.78 is 49.8. The van der Waals surface area contributed by atoms with E-state index in [1.807, 2.05) is 0 Å². The van der Waals surface area contributed by atoms with Gasteiger partial charge in [0.2, 0.25) is 0 Å². The maximum Gasteiger partial charge on any atom is 0.416 e. The first-order chi connectivity index (χ1) is 9.77. The minimum atomic E-state index is -4.49. The third kappa shape index (κ3) is 3.75. The molecule has 2 aromatic rings.